The highest BCUT2D eigenvalue weighted by Crippen LogP contribution is 2.51. The predicted octanol–water partition coefficient (Wildman–Crippen LogP) is 13.7. The van der Waals surface area contributed by atoms with Crippen molar-refractivity contribution in [3.8, 4) is 50.7 Å². The lowest BCUT2D eigenvalue weighted by Crippen LogP contribution is -2.19. The maximum Gasteiger partial charge on any atom is 0.238 e. The lowest BCUT2D eigenvalue weighted by Gasteiger charge is -2.32. The summed E-state index contributed by atoms with van der Waals surface area (Å²) in [6.07, 6.45) is 0. The second kappa shape index (κ2) is 12.8. The molecule has 0 atom stereocenters. The first kappa shape index (κ1) is 32.4. The van der Waals surface area contributed by atoms with Crippen LogP contribution >= 0.6 is 0 Å². The molecule has 11 aromatic rings. The van der Waals surface area contributed by atoms with Crippen LogP contribution in [-0.2, 0) is 0 Å². The molecule has 0 fully saturated rings. The normalized spacial score (nSPS) is 12.1. The number of hydrogen-bond acceptors (Lipinski definition) is 4. The van der Waals surface area contributed by atoms with Crippen molar-refractivity contribution in [3.05, 3.63) is 200 Å². The van der Waals surface area contributed by atoms with Crippen molar-refractivity contribution < 1.29 is 0 Å². The average Bonchev–Trinajstić information content (AvgIpc) is 3.63. The predicted molar refractivity (Wildman–Crippen MR) is 239 cm³/mol. The van der Waals surface area contributed by atoms with Gasteiger partial charge in [-0.15, -0.1) is 0 Å². The van der Waals surface area contributed by atoms with E-state index in [0.29, 0.717) is 17.6 Å². The number of nitrogens with zero attached hydrogens (tertiary/aromatic N) is 5. The summed E-state index contributed by atoms with van der Waals surface area (Å²) in [4.78, 5) is 18.3. The van der Waals surface area contributed by atoms with Crippen LogP contribution in [0.4, 0.5) is 17.3 Å². The molecule has 1 aliphatic heterocycles. The van der Waals surface area contributed by atoms with E-state index in [0.717, 1.165) is 61.3 Å². The topological polar surface area (TPSA) is 46.8 Å². The van der Waals surface area contributed by atoms with E-state index in [2.05, 4.69) is 204 Å². The van der Waals surface area contributed by atoms with E-state index < -0.39 is 0 Å². The van der Waals surface area contributed by atoms with Crippen LogP contribution in [0.15, 0.2) is 200 Å². The zero-order valence-corrected chi connectivity index (χ0v) is 31.3. The zero-order chi connectivity index (χ0) is 38.2. The van der Waals surface area contributed by atoms with E-state index in [1.165, 1.54) is 32.5 Å². The Bertz CT molecular complexity index is 3380. The second-order valence-electron chi connectivity index (χ2n) is 14.9. The minimum atomic E-state index is 0.564. The van der Waals surface area contributed by atoms with Gasteiger partial charge in [0.15, 0.2) is 11.6 Å². The molecule has 0 spiro atoms. The van der Waals surface area contributed by atoms with Gasteiger partial charge in [-0.3, -0.25) is 4.90 Å². The van der Waals surface area contributed by atoms with Gasteiger partial charge in [-0.25, -0.2) is 4.98 Å². The third kappa shape index (κ3) is 5.07. The van der Waals surface area contributed by atoms with Crippen molar-refractivity contribution in [2.24, 2.45) is 0 Å². The molecular weight excluding hydrogens is 707 g/mol. The number of benzene rings is 9. The van der Waals surface area contributed by atoms with Crippen LogP contribution < -0.4 is 4.90 Å². The first-order chi connectivity index (χ1) is 28.7. The summed E-state index contributed by atoms with van der Waals surface area (Å²) in [5.74, 6) is 1.78. The van der Waals surface area contributed by atoms with Gasteiger partial charge in [0.25, 0.3) is 0 Å². The molecule has 0 saturated heterocycles. The number of para-hydroxylation sites is 2. The molecule has 270 valence electrons. The van der Waals surface area contributed by atoms with Crippen LogP contribution in [0.5, 0.6) is 0 Å². The fraction of sp³-hybridized carbons (Fsp3) is 0. The molecule has 2 aromatic heterocycles. The zero-order valence-electron chi connectivity index (χ0n) is 31.3. The minimum Gasteiger partial charge on any atom is -0.309 e. The Kier molecular flexibility index (Phi) is 7.16. The molecule has 3 heterocycles. The highest BCUT2D eigenvalue weighted by Gasteiger charge is 2.29. The average molecular weight is 740 g/mol. The number of fused-ring (bicyclic) bond motifs is 6. The first-order valence-electron chi connectivity index (χ1n) is 19.6. The lowest BCUT2D eigenvalue weighted by molar-refractivity contribution is 1.02. The van der Waals surface area contributed by atoms with Crippen molar-refractivity contribution in [2.75, 3.05) is 4.90 Å². The van der Waals surface area contributed by atoms with Gasteiger partial charge in [-0.05, 0) is 75.3 Å². The molecule has 0 radical (unpaired) electrons. The molecule has 0 saturated carbocycles. The van der Waals surface area contributed by atoms with Crippen molar-refractivity contribution in [1.82, 2.24) is 19.5 Å². The summed E-state index contributed by atoms with van der Waals surface area (Å²) in [5.41, 5.74) is 11.9. The molecule has 0 unspecified atom stereocenters. The molecular formula is C53H33N5. The van der Waals surface area contributed by atoms with E-state index >= 15 is 0 Å². The molecule has 0 bridgehead atoms. The molecule has 0 N–H and O–H groups in total. The van der Waals surface area contributed by atoms with Gasteiger partial charge >= 0.3 is 0 Å². The Labute approximate surface area is 334 Å². The maximum atomic E-state index is 5.41. The van der Waals surface area contributed by atoms with E-state index in [1.54, 1.807) is 0 Å². The SMILES string of the molecule is c1ccc(-c2ccc(-c3nc(-c4ccc5c6ccccc6n(-c6ccccc6)c5c4)nc(N4c5cc6ccccc6cc5-c5cccc6cccc4c56)n3)cc2)cc1. The van der Waals surface area contributed by atoms with Crippen molar-refractivity contribution in [3.63, 3.8) is 0 Å². The summed E-state index contributed by atoms with van der Waals surface area (Å²) in [6, 6.07) is 71.0. The minimum absolute atomic E-state index is 0.564. The van der Waals surface area contributed by atoms with Crippen molar-refractivity contribution >= 4 is 60.7 Å². The van der Waals surface area contributed by atoms with Crippen LogP contribution in [0, 0.1) is 0 Å². The standard InChI is InChI=1S/C53H33N5/c1-3-13-34(14-4-1)35-25-27-37(28-26-35)51-54-52(40-29-30-43-42-21-9-10-23-46(42)57(48(43)33-40)41-19-5-2-6-20-41)56-53(55-51)58-47-24-12-18-36-17-11-22-44(50(36)47)45-31-38-15-7-8-16-39(38)32-49(45)58/h1-33H. The number of rotatable bonds is 5. The molecule has 0 aliphatic carbocycles. The summed E-state index contributed by atoms with van der Waals surface area (Å²) < 4.78 is 2.34. The number of hydrogen-bond donors (Lipinski definition) is 0. The molecule has 0 amide bonds. The van der Waals surface area contributed by atoms with Crippen molar-refractivity contribution in [1.29, 1.82) is 0 Å². The summed E-state index contributed by atoms with van der Waals surface area (Å²) in [7, 11) is 0. The van der Waals surface area contributed by atoms with Crippen LogP contribution in [0.1, 0.15) is 0 Å². The Hall–Kier alpha value is -7.89. The smallest absolute Gasteiger partial charge is 0.238 e. The first-order valence-corrected chi connectivity index (χ1v) is 19.6. The molecule has 5 nitrogen and oxygen atoms in total. The van der Waals surface area contributed by atoms with Gasteiger partial charge in [-0.2, -0.15) is 9.97 Å². The highest BCUT2D eigenvalue weighted by atomic mass is 15.3. The van der Waals surface area contributed by atoms with E-state index in [-0.39, 0.29) is 0 Å². The molecule has 9 aromatic carbocycles. The third-order valence-electron chi connectivity index (χ3n) is 11.5. The van der Waals surface area contributed by atoms with E-state index in [1.807, 2.05) is 6.07 Å². The van der Waals surface area contributed by atoms with Crippen LogP contribution in [0.3, 0.4) is 0 Å². The molecule has 5 heteroatoms. The molecule has 1 aliphatic rings. The summed E-state index contributed by atoms with van der Waals surface area (Å²) in [6.45, 7) is 0. The van der Waals surface area contributed by atoms with Gasteiger partial charge in [0, 0.05) is 38.5 Å². The third-order valence-corrected chi connectivity index (χ3v) is 11.5. The largest absolute Gasteiger partial charge is 0.309 e. The second-order valence-corrected chi connectivity index (χ2v) is 14.9. The fourth-order valence-electron chi connectivity index (χ4n) is 8.84. The van der Waals surface area contributed by atoms with Crippen LogP contribution in [0.2, 0.25) is 0 Å². The highest BCUT2D eigenvalue weighted by molar-refractivity contribution is 6.15. The van der Waals surface area contributed by atoms with Gasteiger partial charge in [-0.1, -0.05) is 158 Å². The molecule has 58 heavy (non-hydrogen) atoms. The Morgan fingerprint density at radius 2 is 0.948 bits per heavy atom. The van der Waals surface area contributed by atoms with E-state index in [4.69, 9.17) is 15.0 Å². The van der Waals surface area contributed by atoms with Gasteiger partial charge in [0.1, 0.15) is 0 Å². The summed E-state index contributed by atoms with van der Waals surface area (Å²) >= 11 is 0. The lowest BCUT2D eigenvalue weighted by atomic mass is 9.90. The number of anilines is 3. The Morgan fingerprint density at radius 3 is 1.76 bits per heavy atom. The summed E-state index contributed by atoms with van der Waals surface area (Å²) in [5, 5.41) is 7.07. The fourth-order valence-corrected chi connectivity index (χ4v) is 8.84. The Morgan fingerprint density at radius 1 is 0.345 bits per heavy atom. The van der Waals surface area contributed by atoms with Crippen LogP contribution in [0.25, 0.3) is 94.1 Å². The van der Waals surface area contributed by atoms with Gasteiger partial charge in [0.05, 0.1) is 22.4 Å². The number of aromatic nitrogens is 4. The Balaban J connectivity index is 1.12. The van der Waals surface area contributed by atoms with E-state index in [9.17, 15) is 0 Å². The monoisotopic (exact) mass is 739 g/mol. The van der Waals surface area contributed by atoms with Gasteiger partial charge in [0.2, 0.25) is 5.95 Å². The van der Waals surface area contributed by atoms with Crippen molar-refractivity contribution in [2.45, 2.75) is 0 Å². The maximum absolute atomic E-state index is 5.41. The van der Waals surface area contributed by atoms with Crippen LogP contribution in [-0.4, -0.2) is 19.5 Å². The quantitative estimate of drug-likeness (QED) is 0.176. The molecule has 12 rings (SSSR count). The van der Waals surface area contributed by atoms with Gasteiger partial charge < -0.3 is 4.57 Å².